The molecule has 2 N–H and O–H groups in total. The Morgan fingerprint density at radius 1 is 1.30 bits per heavy atom. The van der Waals surface area contributed by atoms with Crippen molar-refractivity contribution in [1.82, 2.24) is 5.32 Å². The first kappa shape index (κ1) is 14.3. The number of hydrogen-bond acceptors (Lipinski definition) is 3. The van der Waals surface area contributed by atoms with E-state index in [2.05, 4.69) is 5.32 Å². The van der Waals surface area contributed by atoms with Gasteiger partial charge in [-0.3, -0.25) is 4.79 Å². The lowest BCUT2D eigenvalue weighted by molar-refractivity contribution is -0.121. The Bertz CT molecular complexity index is 554. The summed E-state index contributed by atoms with van der Waals surface area (Å²) in [7, 11) is 0. The first-order chi connectivity index (χ1) is 9.66. The van der Waals surface area contributed by atoms with Crippen LogP contribution in [0, 0.1) is 5.82 Å². The van der Waals surface area contributed by atoms with E-state index in [0.717, 1.165) is 5.76 Å². The average Bonchev–Trinajstić information content (AvgIpc) is 2.96. The van der Waals surface area contributed by atoms with Gasteiger partial charge in [0.1, 0.15) is 11.6 Å². The largest absolute Gasteiger partial charge is 0.469 e. The number of benzene rings is 1. The van der Waals surface area contributed by atoms with Crippen LogP contribution in [-0.2, 0) is 11.2 Å². The number of aryl methyl sites for hydroxylation is 1. The second-order valence-electron chi connectivity index (χ2n) is 4.42. The normalized spacial score (nSPS) is 12.1. The van der Waals surface area contributed by atoms with Crippen LogP contribution in [0.2, 0.25) is 0 Å². The zero-order valence-corrected chi connectivity index (χ0v) is 10.9. The molecule has 5 heteroatoms. The van der Waals surface area contributed by atoms with Crippen molar-refractivity contribution >= 4 is 5.91 Å². The molecule has 20 heavy (non-hydrogen) atoms. The van der Waals surface area contributed by atoms with Crippen LogP contribution in [0.4, 0.5) is 4.39 Å². The molecule has 1 aromatic heterocycles. The molecule has 2 aromatic rings. The molecule has 1 atom stereocenters. The van der Waals surface area contributed by atoms with Gasteiger partial charge in [-0.25, -0.2) is 4.39 Å². The van der Waals surface area contributed by atoms with Crippen molar-refractivity contribution in [3.63, 3.8) is 0 Å². The van der Waals surface area contributed by atoms with Gasteiger partial charge in [0.25, 0.3) is 0 Å². The van der Waals surface area contributed by atoms with Crippen LogP contribution in [0.15, 0.2) is 47.1 Å². The van der Waals surface area contributed by atoms with E-state index in [1.54, 1.807) is 30.5 Å². The van der Waals surface area contributed by atoms with Crippen LogP contribution < -0.4 is 5.32 Å². The summed E-state index contributed by atoms with van der Waals surface area (Å²) in [5, 5.41) is 12.4. The first-order valence-electron chi connectivity index (χ1n) is 6.38. The predicted octanol–water partition coefficient (Wildman–Crippen LogP) is 2.20. The molecule has 2 rings (SSSR count). The molecule has 0 fully saturated rings. The second kappa shape index (κ2) is 6.86. The van der Waals surface area contributed by atoms with Gasteiger partial charge in [-0.2, -0.15) is 0 Å². The minimum absolute atomic E-state index is 0.0160. The molecular weight excluding hydrogens is 261 g/mol. The first-order valence-corrected chi connectivity index (χ1v) is 6.38. The molecule has 1 amide bonds. The van der Waals surface area contributed by atoms with E-state index < -0.39 is 11.9 Å². The lowest BCUT2D eigenvalue weighted by Gasteiger charge is -2.12. The molecule has 0 bridgehead atoms. The van der Waals surface area contributed by atoms with E-state index >= 15 is 0 Å². The second-order valence-corrected chi connectivity index (χ2v) is 4.42. The molecular formula is C15H16FNO3. The molecule has 1 aromatic carbocycles. The zero-order chi connectivity index (χ0) is 14.4. The molecule has 106 valence electrons. The molecule has 0 radical (unpaired) electrons. The maximum absolute atomic E-state index is 13.4. The van der Waals surface area contributed by atoms with Gasteiger partial charge in [0.15, 0.2) is 0 Å². The smallest absolute Gasteiger partial charge is 0.220 e. The number of aliphatic hydroxyl groups excluding tert-OH is 1. The van der Waals surface area contributed by atoms with Gasteiger partial charge in [-0.15, -0.1) is 0 Å². The van der Waals surface area contributed by atoms with E-state index in [1.165, 1.54) is 12.1 Å². The Hall–Kier alpha value is -2.14. The van der Waals surface area contributed by atoms with E-state index in [-0.39, 0.29) is 24.4 Å². The highest BCUT2D eigenvalue weighted by Gasteiger charge is 2.13. The lowest BCUT2D eigenvalue weighted by atomic mass is 10.1. The Morgan fingerprint density at radius 2 is 2.10 bits per heavy atom. The summed E-state index contributed by atoms with van der Waals surface area (Å²) in [6.07, 6.45) is 1.25. The van der Waals surface area contributed by atoms with Crippen LogP contribution in [-0.4, -0.2) is 17.6 Å². The standard InChI is InChI=1S/C15H16FNO3/c16-13-6-2-1-5-12(13)14(18)10-17-15(19)8-7-11-4-3-9-20-11/h1-6,9,14,18H,7-8,10H2,(H,17,19)/t14-/m1/s1. The van der Waals surface area contributed by atoms with Crippen molar-refractivity contribution in [2.75, 3.05) is 6.54 Å². The third-order valence-corrected chi connectivity index (χ3v) is 2.94. The van der Waals surface area contributed by atoms with Gasteiger partial charge in [0, 0.05) is 24.9 Å². The van der Waals surface area contributed by atoms with Gasteiger partial charge < -0.3 is 14.8 Å². The topological polar surface area (TPSA) is 62.5 Å². The molecule has 4 nitrogen and oxygen atoms in total. The number of rotatable bonds is 6. The highest BCUT2D eigenvalue weighted by Crippen LogP contribution is 2.15. The van der Waals surface area contributed by atoms with Crippen molar-refractivity contribution in [2.45, 2.75) is 18.9 Å². The Balaban J connectivity index is 1.77. The van der Waals surface area contributed by atoms with Crippen LogP contribution in [0.3, 0.4) is 0 Å². The van der Waals surface area contributed by atoms with E-state index in [1.807, 2.05) is 0 Å². The molecule has 0 saturated carbocycles. The minimum atomic E-state index is -1.05. The number of amides is 1. The van der Waals surface area contributed by atoms with Gasteiger partial charge >= 0.3 is 0 Å². The van der Waals surface area contributed by atoms with E-state index in [0.29, 0.717) is 6.42 Å². The summed E-state index contributed by atoms with van der Waals surface area (Å²) >= 11 is 0. The molecule has 0 unspecified atom stereocenters. The van der Waals surface area contributed by atoms with Crippen LogP contribution >= 0.6 is 0 Å². The Morgan fingerprint density at radius 3 is 2.80 bits per heavy atom. The fourth-order valence-electron chi connectivity index (χ4n) is 1.85. The molecule has 0 aliphatic rings. The van der Waals surface area contributed by atoms with Gasteiger partial charge in [-0.1, -0.05) is 18.2 Å². The molecule has 1 heterocycles. The highest BCUT2D eigenvalue weighted by molar-refractivity contribution is 5.76. The number of carbonyl (C=O) groups excluding carboxylic acids is 1. The van der Waals surface area contributed by atoms with Crippen LogP contribution in [0.1, 0.15) is 23.8 Å². The van der Waals surface area contributed by atoms with Crippen molar-refractivity contribution in [3.05, 3.63) is 59.8 Å². The maximum atomic E-state index is 13.4. The van der Waals surface area contributed by atoms with Crippen molar-refractivity contribution in [1.29, 1.82) is 0 Å². The van der Waals surface area contributed by atoms with E-state index in [9.17, 15) is 14.3 Å². The van der Waals surface area contributed by atoms with Gasteiger partial charge in [0.05, 0.1) is 12.4 Å². The third-order valence-electron chi connectivity index (χ3n) is 2.94. The molecule has 0 aliphatic carbocycles. The summed E-state index contributed by atoms with van der Waals surface area (Å²) in [6.45, 7) is -0.0160. The number of carbonyl (C=O) groups is 1. The Labute approximate surface area is 116 Å². The van der Waals surface area contributed by atoms with Crippen LogP contribution in [0.25, 0.3) is 0 Å². The summed E-state index contributed by atoms with van der Waals surface area (Å²) in [6, 6.07) is 9.51. The van der Waals surface area contributed by atoms with Crippen LogP contribution in [0.5, 0.6) is 0 Å². The zero-order valence-electron chi connectivity index (χ0n) is 10.9. The van der Waals surface area contributed by atoms with Gasteiger partial charge in [-0.05, 0) is 18.2 Å². The SMILES string of the molecule is O=C(CCc1ccco1)NC[C@@H](O)c1ccccc1F. The fourth-order valence-corrected chi connectivity index (χ4v) is 1.85. The Kier molecular flexibility index (Phi) is 4.90. The number of furan rings is 1. The lowest BCUT2D eigenvalue weighted by Crippen LogP contribution is -2.28. The molecule has 0 spiro atoms. The quantitative estimate of drug-likeness (QED) is 0.851. The highest BCUT2D eigenvalue weighted by atomic mass is 19.1. The predicted molar refractivity (Wildman–Crippen MR) is 71.4 cm³/mol. The summed E-state index contributed by atoms with van der Waals surface area (Å²) in [4.78, 5) is 11.6. The minimum Gasteiger partial charge on any atom is -0.469 e. The molecule has 0 aliphatic heterocycles. The molecule has 0 saturated heterocycles. The van der Waals surface area contributed by atoms with Crippen molar-refractivity contribution in [3.8, 4) is 0 Å². The van der Waals surface area contributed by atoms with Gasteiger partial charge in [0.2, 0.25) is 5.91 Å². The maximum Gasteiger partial charge on any atom is 0.220 e. The average molecular weight is 277 g/mol. The number of nitrogens with one attached hydrogen (secondary N) is 1. The third kappa shape index (κ3) is 3.93. The van der Waals surface area contributed by atoms with E-state index in [4.69, 9.17) is 4.42 Å². The van der Waals surface area contributed by atoms with Crippen molar-refractivity contribution < 1.29 is 18.7 Å². The number of aliphatic hydroxyl groups is 1. The number of halogens is 1. The summed E-state index contributed by atoms with van der Waals surface area (Å²) in [5.41, 5.74) is 0.179. The fraction of sp³-hybridized carbons (Fsp3) is 0.267. The monoisotopic (exact) mass is 277 g/mol. The van der Waals surface area contributed by atoms with Crippen molar-refractivity contribution in [2.24, 2.45) is 0 Å². The summed E-state index contributed by atoms with van der Waals surface area (Å²) < 4.78 is 18.5. The summed E-state index contributed by atoms with van der Waals surface area (Å²) in [5.74, 6) is 0.0384. The number of hydrogen-bond donors (Lipinski definition) is 2.